The van der Waals surface area contributed by atoms with Crippen molar-refractivity contribution in [1.82, 2.24) is 20.3 Å². The Morgan fingerprint density at radius 2 is 2.11 bits per heavy atom. The van der Waals surface area contributed by atoms with Gasteiger partial charge in [-0.3, -0.25) is 4.68 Å². The summed E-state index contributed by atoms with van der Waals surface area (Å²) in [7, 11) is 0. The van der Waals surface area contributed by atoms with Crippen molar-refractivity contribution in [1.29, 1.82) is 0 Å². The zero-order chi connectivity index (χ0) is 13.4. The van der Waals surface area contributed by atoms with Crippen molar-refractivity contribution in [2.75, 3.05) is 6.54 Å². The number of nitrogens with one attached hydrogen (secondary N) is 1. The molecule has 0 amide bonds. The lowest BCUT2D eigenvalue weighted by Gasteiger charge is -2.29. The van der Waals surface area contributed by atoms with E-state index >= 15 is 0 Å². The molecule has 0 saturated carbocycles. The van der Waals surface area contributed by atoms with Crippen molar-refractivity contribution < 1.29 is 0 Å². The first-order valence-corrected chi connectivity index (χ1v) is 7.21. The van der Waals surface area contributed by atoms with E-state index in [1.54, 1.807) is 0 Å². The smallest absolute Gasteiger partial charge is 0.0796 e. The average Bonchev–Trinajstić information content (AvgIpc) is 2.75. The van der Waals surface area contributed by atoms with E-state index in [1.165, 1.54) is 25.7 Å². The van der Waals surface area contributed by atoms with Crippen LogP contribution < -0.4 is 5.32 Å². The van der Waals surface area contributed by atoms with Crippen LogP contribution in [-0.4, -0.2) is 27.1 Å². The van der Waals surface area contributed by atoms with E-state index in [9.17, 15) is 0 Å². The van der Waals surface area contributed by atoms with Crippen LogP contribution in [-0.2, 0) is 6.54 Å². The van der Waals surface area contributed by atoms with Gasteiger partial charge in [0, 0.05) is 18.3 Å². The van der Waals surface area contributed by atoms with Crippen molar-refractivity contribution in [2.45, 2.75) is 71.9 Å². The van der Waals surface area contributed by atoms with E-state index in [1.807, 2.05) is 17.8 Å². The third-order valence-corrected chi connectivity index (χ3v) is 3.60. The molecule has 4 nitrogen and oxygen atoms in total. The maximum absolute atomic E-state index is 4.05. The molecule has 1 aromatic rings. The summed E-state index contributed by atoms with van der Waals surface area (Å²) < 4.78 is 1.93. The standard InChI is InChI=1S/C14H28N4/c1-5-9-14(4,6-2)15-10-7-8-11-18-12-13(3)16-17-18/h12,15H,5-11H2,1-4H3. The van der Waals surface area contributed by atoms with Crippen molar-refractivity contribution in [3.8, 4) is 0 Å². The molecule has 0 aromatic carbocycles. The molecule has 0 bridgehead atoms. The predicted octanol–water partition coefficient (Wildman–Crippen LogP) is 2.93. The molecule has 0 spiro atoms. The molecule has 0 radical (unpaired) electrons. The molecule has 0 aliphatic rings. The lowest BCUT2D eigenvalue weighted by molar-refractivity contribution is 0.312. The molecule has 18 heavy (non-hydrogen) atoms. The number of aromatic nitrogens is 3. The summed E-state index contributed by atoms with van der Waals surface area (Å²) in [5.41, 5.74) is 1.31. The predicted molar refractivity (Wildman–Crippen MR) is 75.6 cm³/mol. The Morgan fingerprint density at radius 3 is 2.67 bits per heavy atom. The average molecular weight is 252 g/mol. The fourth-order valence-electron chi connectivity index (χ4n) is 2.24. The van der Waals surface area contributed by atoms with E-state index in [-0.39, 0.29) is 0 Å². The van der Waals surface area contributed by atoms with Crippen LogP contribution in [0.5, 0.6) is 0 Å². The van der Waals surface area contributed by atoms with Crippen LogP contribution in [0.2, 0.25) is 0 Å². The molecule has 1 N–H and O–H groups in total. The summed E-state index contributed by atoms with van der Waals surface area (Å²) in [5.74, 6) is 0. The Bertz CT molecular complexity index is 334. The molecule has 1 heterocycles. The molecule has 104 valence electrons. The Balaban J connectivity index is 2.14. The van der Waals surface area contributed by atoms with E-state index < -0.39 is 0 Å². The van der Waals surface area contributed by atoms with Gasteiger partial charge in [0.05, 0.1) is 5.69 Å². The Morgan fingerprint density at radius 1 is 1.33 bits per heavy atom. The number of aryl methyl sites for hydroxylation is 2. The van der Waals surface area contributed by atoms with Crippen molar-refractivity contribution >= 4 is 0 Å². The van der Waals surface area contributed by atoms with E-state index in [0.717, 1.165) is 25.2 Å². The molecule has 0 aliphatic heterocycles. The number of hydrogen-bond donors (Lipinski definition) is 1. The molecule has 0 fully saturated rings. The van der Waals surface area contributed by atoms with Crippen LogP contribution >= 0.6 is 0 Å². The van der Waals surface area contributed by atoms with Crippen LogP contribution in [0.15, 0.2) is 6.20 Å². The summed E-state index contributed by atoms with van der Waals surface area (Å²) in [6.07, 6.45) is 8.05. The first kappa shape index (κ1) is 15.2. The fraction of sp³-hybridized carbons (Fsp3) is 0.857. The molecule has 1 unspecified atom stereocenters. The second kappa shape index (κ2) is 7.52. The van der Waals surface area contributed by atoms with Gasteiger partial charge in [0.15, 0.2) is 0 Å². The fourth-order valence-corrected chi connectivity index (χ4v) is 2.24. The third kappa shape index (κ3) is 5.17. The molecular weight excluding hydrogens is 224 g/mol. The van der Waals surface area contributed by atoms with Gasteiger partial charge in [0.25, 0.3) is 0 Å². The minimum Gasteiger partial charge on any atom is -0.312 e. The maximum atomic E-state index is 4.05. The van der Waals surface area contributed by atoms with Crippen LogP contribution in [0.25, 0.3) is 0 Å². The van der Waals surface area contributed by atoms with Crippen molar-refractivity contribution in [3.63, 3.8) is 0 Å². The van der Waals surface area contributed by atoms with Gasteiger partial charge in [0.1, 0.15) is 0 Å². The van der Waals surface area contributed by atoms with Gasteiger partial charge in [-0.1, -0.05) is 25.5 Å². The summed E-state index contributed by atoms with van der Waals surface area (Å²) in [5, 5.41) is 11.7. The SMILES string of the molecule is CCCC(C)(CC)NCCCCn1cc(C)nn1. The Labute approximate surface area is 111 Å². The highest BCUT2D eigenvalue weighted by atomic mass is 15.4. The quantitative estimate of drug-likeness (QED) is 0.687. The number of hydrogen-bond acceptors (Lipinski definition) is 3. The summed E-state index contributed by atoms with van der Waals surface area (Å²) in [6.45, 7) is 10.9. The Hall–Kier alpha value is -0.900. The van der Waals surface area contributed by atoms with Gasteiger partial charge >= 0.3 is 0 Å². The second-order valence-electron chi connectivity index (χ2n) is 5.42. The van der Waals surface area contributed by atoms with E-state index in [2.05, 4.69) is 36.4 Å². The van der Waals surface area contributed by atoms with Gasteiger partial charge in [-0.05, 0) is 46.1 Å². The molecule has 0 aliphatic carbocycles. The number of nitrogens with zero attached hydrogens (tertiary/aromatic N) is 3. The third-order valence-electron chi connectivity index (χ3n) is 3.60. The summed E-state index contributed by atoms with van der Waals surface area (Å²) in [4.78, 5) is 0. The van der Waals surface area contributed by atoms with E-state index in [0.29, 0.717) is 5.54 Å². The minimum absolute atomic E-state index is 0.318. The molecule has 4 heteroatoms. The second-order valence-corrected chi connectivity index (χ2v) is 5.42. The lowest BCUT2D eigenvalue weighted by Crippen LogP contribution is -2.42. The first-order valence-electron chi connectivity index (χ1n) is 7.21. The zero-order valence-electron chi connectivity index (χ0n) is 12.4. The first-order chi connectivity index (χ1) is 8.59. The van der Waals surface area contributed by atoms with E-state index in [4.69, 9.17) is 0 Å². The molecule has 1 atom stereocenters. The van der Waals surface area contributed by atoms with Crippen LogP contribution in [0, 0.1) is 6.92 Å². The minimum atomic E-state index is 0.318. The number of rotatable bonds is 9. The van der Waals surface area contributed by atoms with Gasteiger partial charge in [-0.15, -0.1) is 5.10 Å². The highest BCUT2D eigenvalue weighted by molar-refractivity contribution is 4.86. The van der Waals surface area contributed by atoms with Gasteiger partial charge < -0.3 is 5.32 Å². The molecule has 1 aromatic heterocycles. The molecule has 0 saturated heterocycles. The van der Waals surface area contributed by atoms with Crippen LogP contribution in [0.3, 0.4) is 0 Å². The summed E-state index contributed by atoms with van der Waals surface area (Å²) >= 11 is 0. The normalized spacial score (nSPS) is 14.7. The lowest BCUT2D eigenvalue weighted by atomic mass is 9.93. The number of unbranched alkanes of at least 4 members (excludes halogenated alkanes) is 1. The zero-order valence-corrected chi connectivity index (χ0v) is 12.4. The monoisotopic (exact) mass is 252 g/mol. The highest BCUT2D eigenvalue weighted by Gasteiger charge is 2.18. The summed E-state index contributed by atoms with van der Waals surface area (Å²) in [6, 6.07) is 0. The largest absolute Gasteiger partial charge is 0.312 e. The Kier molecular flexibility index (Phi) is 6.33. The van der Waals surface area contributed by atoms with Gasteiger partial charge in [-0.2, -0.15) is 0 Å². The van der Waals surface area contributed by atoms with Crippen LogP contribution in [0.4, 0.5) is 0 Å². The molecular formula is C14H28N4. The topological polar surface area (TPSA) is 42.7 Å². The van der Waals surface area contributed by atoms with Crippen LogP contribution in [0.1, 0.15) is 58.6 Å². The highest BCUT2D eigenvalue weighted by Crippen LogP contribution is 2.16. The maximum Gasteiger partial charge on any atom is 0.0796 e. The van der Waals surface area contributed by atoms with Crippen molar-refractivity contribution in [3.05, 3.63) is 11.9 Å². The van der Waals surface area contributed by atoms with Gasteiger partial charge in [-0.25, -0.2) is 0 Å². The molecule has 1 rings (SSSR count). The van der Waals surface area contributed by atoms with Crippen molar-refractivity contribution in [2.24, 2.45) is 0 Å². The van der Waals surface area contributed by atoms with Gasteiger partial charge in [0.2, 0.25) is 0 Å².